The van der Waals surface area contributed by atoms with Crippen LogP contribution in [-0.4, -0.2) is 25.3 Å². The van der Waals surface area contributed by atoms with Gasteiger partial charge in [0.1, 0.15) is 5.58 Å². The zero-order valence-electron chi connectivity index (χ0n) is 14.6. The quantitative estimate of drug-likeness (QED) is 0.665. The summed E-state index contributed by atoms with van der Waals surface area (Å²) in [4.78, 5) is 20.9. The summed E-state index contributed by atoms with van der Waals surface area (Å²) in [5, 5.41) is 2.80. The van der Waals surface area contributed by atoms with Gasteiger partial charge in [-0.05, 0) is 17.7 Å². The molecule has 0 bridgehead atoms. The third-order valence-electron chi connectivity index (χ3n) is 5.43. The molecule has 0 aliphatic carbocycles. The molecule has 2 aromatic carbocycles. The highest BCUT2D eigenvalue weighted by atomic mass is 16.7. The van der Waals surface area contributed by atoms with Crippen LogP contribution in [0.4, 0.5) is 5.69 Å². The lowest BCUT2D eigenvalue weighted by atomic mass is 9.88. The lowest BCUT2D eigenvalue weighted by Gasteiger charge is -2.38. The molecule has 0 saturated carbocycles. The standard InChI is InChI=1S/C21H20N2O3/c1-22-19-15(13-25-22)12-23(11-14-7-3-2-4-8-14)20-16-9-5-6-10-17(16)26-21(24)18(19)20/h2-10,15,19H,11-13H2,1H3/t15-,19+/m0/s1. The van der Waals surface area contributed by atoms with E-state index in [0.717, 1.165) is 29.7 Å². The minimum atomic E-state index is -0.260. The highest BCUT2D eigenvalue weighted by Crippen LogP contribution is 2.45. The zero-order valence-corrected chi connectivity index (χ0v) is 14.6. The summed E-state index contributed by atoms with van der Waals surface area (Å²) < 4.78 is 5.65. The fraction of sp³-hybridized carbons (Fsp3) is 0.286. The maximum atomic E-state index is 12.9. The molecule has 5 rings (SSSR count). The summed E-state index contributed by atoms with van der Waals surface area (Å²) in [7, 11) is 1.90. The lowest BCUT2D eigenvalue weighted by Crippen LogP contribution is -2.41. The molecule has 2 aliphatic rings. The summed E-state index contributed by atoms with van der Waals surface area (Å²) >= 11 is 0. The van der Waals surface area contributed by atoms with Crippen LogP contribution in [0.15, 0.2) is 63.8 Å². The van der Waals surface area contributed by atoms with Crippen LogP contribution in [-0.2, 0) is 11.4 Å². The summed E-state index contributed by atoms with van der Waals surface area (Å²) in [5.41, 5.74) is 3.30. The Hall–Kier alpha value is -2.63. The van der Waals surface area contributed by atoms with Crippen molar-refractivity contribution in [1.82, 2.24) is 5.06 Å². The topological polar surface area (TPSA) is 45.9 Å². The number of anilines is 1. The number of hydrogen-bond acceptors (Lipinski definition) is 5. The Morgan fingerprint density at radius 3 is 2.69 bits per heavy atom. The van der Waals surface area contributed by atoms with Gasteiger partial charge < -0.3 is 9.32 Å². The molecular weight excluding hydrogens is 328 g/mol. The minimum absolute atomic E-state index is 0.0575. The van der Waals surface area contributed by atoms with E-state index in [1.807, 2.05) is 54.6 Å². The number of fused-ring (bicyclic) bond motifs is 5. The number of hydrogen-bond donors (Lipinski definition) is 0. The van der Waals surface area contributed by atoms with Crippen molar-refractivity contribution in [2.24, 2.45) is 5.92 Å². The van der Waals surface area contributed by atoms with E-state index in [1.165, 1.54) is 5.56 Å². The van der Waals surface area contributed by atoms with E-state index in [2.05, 4.69) is 17.0 Å². The van der Waals surface area contributed by atoms with E-state index in [9.17, 15) is 4.79 Å². The van der Waals surface area contributed by atoms with Gasteiger partial charge in [0.25, 0.3) is 0 Å². The SMILES string of the molecule is CN1OC[C@@H]2CN(Cc3ccccc3)c3c(c(=O)oc4ccccc34)[C@@H]21. The van der Waals surface area contributed by atoms with Gasteiger partial charge in [0, 0.05) is 31.4 Å². The molecule has 5 nitrogen and oxygen atoms in total. The molecule has 1 aromatic heterocycles. The van der Waals surface area contributed by atoms with Gasteiger partial charge in [-0.1, -0.05) is 42.5 Å². The molecule has 1 fully saturated rings. The molecule has 5 heteroatoms. The maximum Gasteiger partial charge on any atom is 0.343 e. The van der Waals surface area contributed by atoms with Crippen LogP contribution in [0.5, 0.6) is 0 Å². The van der Waals surface area contributed by atoms with Crippen LogP contribution in [0, 0.1) is 5.92 Å². The highest BCUT2D eigenvalue weighted by Gasteiger charge is 2.44. The Morgan fingerprint density at radius 1 is 1.08 bits per heavy atom. The molecule has 26 heavy (non-hydrogen) atoms. The van der Waals surface area contributed by atoms with Crippen LogP contribution in [0.2, 0.25) is 0 Å². The number of hydroxylamine groups is 2. The minimum Gasteiger partial charge on any atom is -0.422 e. The average Bonchev–Trinajstić information content (AvgIpc) is 3.03. The normalized spacial score (nSPS) is 22.4. The first-order valence-electron chi connectivity index (χ1n) is 8.93. The fourth-order valence-corrected chi connectivity index (χ4v) is 4.32. The molecule has 3 heterocycles. The molecule has 2 atom stereocenters. The van der Waals surface area contributed by atoms with E-state index < -0.39 is 0 Å². The van der Waals surface area contributed by atoms with Gasteiger partial charge in [0.2, 0.25) is 0 Å². The predicted molar refractivity (Wildman–Crippen MR) is 99.9 cm³/mol. The van der Waals surface area contributed by atoms with Crippen LogP contribution < -0.4 is 10.5 Å². The van der Waals surface area contributed by atoms with Crippen LogP contribution in [0.3, 0.4) is 0 Å². The molecule has 3 aromatic rings. The number of nitrogens with zero attached hydrogens (tertiary/aromatic N) is 2. The highest BCUT2D eigenvalue weighted by molar-refractivity contribution is 5.92. The monoisotopic (exact) mass is 348 g/mol. The van der Waals surface area contributed by atoms with E-state index >= 15 is 0 Å². The Morgan fingerprint density at radius 2 is 1.85 bits per heavy atom. The van der Waals surface area contributed by atoms with E-state index in [4.69, 9.17) is 9.25 Å². The number of rotatable bonds is 2. The Bertz CT molecular complexity index is 1010. The van der Waals surface area contributed by atoms with Crippen molar-refractivity contribution in [2.75, 3.05) is 25.1 Å². The Labute approximate surface area is 151 Å². The summed E-state index contributed by atoms with van der Waals surface area (Å²) in [6, 6.07) is 18.1. The smallest absolute Gasteiger partial charge is 0.343 e. The van der Waals surface area contributed by atoms with Crippen molar-refractivity contribution in [1.29, 1.82) is 0 Å². The van der Waals surface area contributed by atoms with Crippen LogP contribution in [0.1, 0.15) is 17.2 Å². The van der Waals surface area contributed by atoms with E-state index in [-0.39, 0.29) is 17.6 Å². The van der Waals surface area contributed by atoms with Crippen molar-refractivity contribution in [2.45, 2.75) is 12.6 Å². The van der Waals surface area contributed by atoms with Gasteiger partial charge >= 0.3 is 5.63 Å². The molecule has 0 spiro atoms. The molecule has 2 aliphatic heterocycles. The largest absolute Gasteiger partial charge is 0.422 e. The van der Waals surface area contributed by atoms with Gasteiger partial charge in [0.05, 0.1) is 23.9 Å². The first-order chi connectivity index (χ1) is 12.7. The molecule has 132 valence electrons. The second-order valence-corrected chi connectivity index (χ2v) is 7.06. The first kappa shape index (κ1) is 15.6. The second-order valence-electron chi connectivity index (χ2n) is 7.06. The number of para-hydroxylation sites is 1. The van der Waals surface area contributed by atoms with Crippen molar-refractivity contribution in [3.05, 3.63) is 76.1 Å². The summed E-state index contributed by atoms with van der Waals surface area (Å²) in [5.74, 6) is 0.250. The Kier molecular flexibility index (Phi) is 3.58. The Balaban J connectivity index is 1.73. The number of benzene rings is 2. The van der Waals surface area contributed by atoms with Gasteiger partial charge in [-0.2, -0.15) is 5.06 Å². The maximum absolute atomic E-state index is 12.9. The first-order valence-corrected chi connectivity index (χ1v) is 8.93. The van der Waals surface area contributed by atoms with Crippen LogP contribution >= 0.6 is 0 Å². The van der Waals surface area contributed by atoms with Gasteiger partial charge in [0.15, 0.2) is 0 Å². The van der Waals surface area contributed by atoms with Crippen molar-refractivity contribution < 1.29 is 9.25 Å². The molecule has 1 saturated heterocycles. The van der Waals surface area contributed by atoms with E-state index in [0.29, 0.717) is 12.2 Å². The van der Waals surface area contributed by atoms with Crippen molar-refractivity contribution in [3.63, 3.8) is 0 Å². The predicted octanol–water partition coefficient (Wildman–Crippen LogP) is 3.35. The zero-order chi connectivity index (χ0) is 17.7. The summed E-state index contributed by atoms with van der Waals surface area (Å²) in [6.45, 7) is 2.23. The molecule has 0 unspecified atom stereocenters. The lowest BCUT2D eigenvalue weighted by molar-refractivity contribution is -0.111. The third kappa shape index (κ3) is 2.35. The van der Waals surface area contributed by atoms with Crippen LogP contribution in [0.25, 0.3) is 11.0 Å². The molecule has 0 amide bonds. The third-order valence-corrected chi connectivity index (χ3v) is 5.43. The van der Waals surface area contributed by atoms with Crippen molar-refractivity contribution >= 4 is 16.7 Å². The molecule has 0 radical (unpaired) electrons. The fourth-order valence-electron chi connectivity index (χ4n) is 4.32. The van der Waals surface area contributed by atoms with Gasteiger partial charge in [-0.3, -0.25) is 4.84 Å². The molecule has 0 N–H and O–H groups in total. The van der Waals surface area contributed by atoms with Gasteiger partial charge in [-0.25, -0.2) is 4.79 Å². The summed E-state index contributed by atoms with van der Waals surface area (Å²) in [6.07, 6.45) is 0. The average molecular weight is 348 g/mol. The van der Waals surface area contributed by atoms with Crippen molar-refractivity contribution in [3.8, 4) is 0 Å². The molecular formula is C21H20N2O3. The van der Waals surface area contributed by atoms with Gasteiger partial charge in [-0.15, -0.1) is 0 Å². The second kappa shape index (κ2) is 5.97. The van der Waals surface area contributed by atoms with E-state index in [1.54, 1.807) is 0 Å².